The lowest BCUT2D eigenvalue weighted by atomic mass is 9.75. The Bertz CT molecular complexity index is 345. The summed E-state index contributed by atoms with van der Waals surface area (Å²) in [4.78, 5) is 0. The van der Waals surface area contributed by atoms with Crippen molar-refractivity contribution in [3.63, 3.8) is 0 Å². The summed E-state index contributed by atoms with van der Waals surface area (Å²) in [5.41, 5.74) is 0.963. The SMILES string of the molecule is CC(CO)(CC1COC1)c1ccc(Cl)cc1. The van der Waals surface area contributed by atoms with Gasteiger partial charge < -0.3 is 9.84 Å². The quantitative estimate of drug-likeness (QED) is 0.877. The zero-order valence-electron chi connectivity index (χ0n) is 9.45. The van der Waals surface area contributed by atoms with Gasteiger partial charge in [-0.3, -0.25) is 0 Å². The number of benzene rings is 1. The van der Waals surface area contributed by atoms with Crippen LogP contribution in [0.1, 0.15) is 18.9 Å². The summed E-state index contributed by atoms with van der Waals surface area (Å²) < 4.78 is 5.18. The molecule has 1 saturated heterocycles. The van der Waals surface area contributed by atoms with E-state index in [0.717, 1.165) is 30.2 Å². The number of aliphatic hydroxyl groups is 1. The third-order valence-corrected chi connectivity index (χ3v) is 3.59. The highest BCUT2D eigenvalue weighted by atomic mass is 35.5. The highest BCUT2D eigenvalue weighted by Crippen LogP contribution is 2.33. The summed E-state index contributed by atoms with van der Waals surface area (Å²) >= 11 is 5.87. The van der Waals surface area contributed by atoms with E-state index in [4.69, 9.17) is 16.3 Å². The number of halogens is 1. The van der Waals surface area contributed by atoms with Crippen molar-refractivity contribution in [1.82, 2.24) is 0 Å². The number of hydrogen-bond donors (Lipinski definition) is 1. The molecule has 1 N–H and O–H groups in total. The van der Waals surface area contributed by atoms with Gasteiger partial charge in [-0.2, -0.15) is 0 Å². The van der Waals surface area contributed by atoms with E-state index in [9.17, 15) is 5.11 Å². The van der Waals surface area contributed by atoms with Crippen molar-refractivity contribution in [2.75, 3.05) is 19.8 Å². The topological polar surface area (TPSA) is 29.5 Å². The Labute approximate surface area is 101 Å². The van der Waals surface area contributed by atoms with Gasteiger partial charge in [0.15, 0.2) is 0 Å². The molecule has 1 aliphatic heterocycles. The molecule has 2 nitrogen and oxygen atoms in total. The molecule has 0 saturated carbocycles. The minimum absolute atomic E-state index is 0.158. The van der Waals surface area contributed by atoms with Crippen LogP contribution in [0.25, 0.3) is 0 Å². The Morgan fingerprint density at radius 2 is 2.00 bits per heavy atom. The van der Waals surface area contributed by atoms with E-state index in [0.29, 0.717) is 5.92 Å². The molecule has 1 aliphatic rings. The van der Waals surface area contributed by atoms with E-state index in [2.05, 4.69) is 6.92 Å². The van der Waals surface area contributed by atoms with Crippen LogP contribution in [-0.2, 0) is 10.2 Å². The Kier molecular flexibility index (Phi) is 3.53. The van der Waals surface area contributed by atoms with Crippen LogP contribution in [0.5, 0.6) is 0 Å². The Morgan fingerprint density at radius 3 is 2.44 bits per heavy atom. The van der Waals surface area contributed by atoms with Crippen LogP contribution < -0.4 is 0 Å². The molecule has 0 aliphatic carbocycles. The fourth-order valence-electron chi connectivity index (χ4n) is 2.17. The van der Waals surface area contributed by atoms with Crippen molar-refractivity contribution in [3.05, 3.63) is 34.9 Å². The first-order chi connectivity index (χ1) is 7.64. The maximum Gasteiger partial charge on any atom is 0.0525 e. The van der Waals surface area contributed by atoms with Gasteiger partial charge in [0.05, 0.1) is 19.8 Å². The van der Waals surface area contributed by atoms with Gasteiger partial charge in [-0.15, -0.1) is 0 Å². The molecule has 0 spiro atoms. The third-order valence-electron chi connectivity index (χ3n) is 3.34. The zero-order valence-corrected chi connectivity index (χ0v) is 10.2. The molecule has 1 aromatic carbocycles. The fourth-order valence-corrected chi connectivity index (χ4v) is 2.29. The van der Waals surface area contributed by atoms with Gasteiger partial charge in [0, 0.05) is 16.4 Å². The van der Waals surface area contributed by atoms with Crippen molar-refractivity contribution in [2.45, 2.75) is 18.8 Å². The van der Waals surface area contributed by atoms with Crippen LogP contribution in [0, 0.1) is 5.92 Å². The first kappa shape index (κ1) is 11.9. The van der Waals surface area contributed by atoms with Crippen molar-refractivity contribution >= 4 is 11.6 Å². The fraction of sp³-hybridized carbons (Fsp3) is 0.538. The average Bonchev–Trinajstić information content (AvgIpc) is 2.24. The lowest BCUT2D eigenvalue weighted by molar-refractivity contribution is -0.0485. The van der Waals surface area contributed by atoms with Crippen LogP contribution in [0.3, 0.4) is 0 Å². The van der Waals surface area contributed by atoms with E-state index in [1.165, 1.54) is 0 Å². The van der Waals surface area contributed by atoms with Crippen LogP contribution >= 0.6 is 11.6 Å². The third kappa shape index (κ3) is 2.40. The molecule has 0 aromatic heterocycles. The summed E-state index contributed by atoms with van der Waals surface area (Å²) in [5, 5.41) is 10.3. The van der Waals surface area contributed by atoms with E-state index >= 15 is 0 Å². The highest BCUT2D eigenvalue weighted by molar-refractivity contribution is 6.30. The predicted molar refractivity (Wildman–Crippen MR) is 64.8 cm³/mol. The summed E-state index contributed by atoms with van der Waals surface area (Å²) in [6.07, 6.45) is 0.963. The molecule has 0 radical (unpaired) electrons. The molecule has 3 heteroatoms. The van der Waals surface area contributed by atoms with Gasteiger partial charge in [0.2, 0.25) is 0 Å². The van der Waals surface area contributed by atoms with Gasteiger partial charge in [0.25, 0.3) is 0 Å². The lowest BCUT2D eigenvalue weighted by Crippen LogP contribution is -2.37. The number of rotatable bonds is 4. The summed E-state index contributed by atoms with van der Waals surface area (Å²) in [5.74, 6) is 0.577. The molecule has 1 aromatic rings. The molecule has 88 valence electrons. The number of aliphatic hydroxyl groups excluding tert-OH is 1. The Hall–Kier alpha value is -0.570. The minimum atomic E-state index is -0.182. The second kappa shape index (κ2) is 4.74. The van der Waals surface area contributed by atoms with Crippen LogP contribution in [0.15, 0.2) is 24.3 Å². The van der Waals surface area contributed by atoms with Crippen molar-refractivity contribution in [1.29, 1.82) is 0 Å². The molecule has 0 amide bonds. The minimum Gasteiger partial charge on any atom is -0.395 e. The van der Waals surface area contributed by atoms with Gasteiger partial charge in [0.1, 0.15) is 0 Å². The van der Waals surface area contributed by atoms with Crippen molar-refractivity contribution in [3.8, 4) is 0 Å². The zero-order chi connectivity index (χ0) is 11.6. The summed E-state index contributed by atoms with van der Waals surface area (Å²) in [6, 6.07) is 7.75. The van der Waals surface area contributed by atoms with E-state index in [1.54, 1.807) is 0 Å². The molecular formula is C13H17ClO2. The van der Waals surface area contributed by atoms with E-state index < -0.39 is 0 Å². The number of hydrogen-bond acceptors (Lipinski definition) is 2. The van der Waals surface area contributed by atoms with Gasteiger partial charge in [-0.1, -0.05) is 30.7 Å². The molecular weight excluding hydrogens is 224 g/mol. The first-order valence-corrected chi connectivity index (χ1v) is 5.96. The molecule has 1 atom stereocenters. The maximum absolute atomic E-state index is 9.60. The van der Waals surface area contributed by atoms with Crippen molar-refractivity contribution < 1.29 is 9.84 Å². The smallest absolute Gasteiger partial charge is 0.0525 e. The standard InChI is InChI=1S/C13H17ClO2/c1-13(9-15,6-10-7-16-8-10)11-2-4-12(14)5-3-11/h2-5,10,15H,6-9H2,1H3. The Balaban J connectivity index is 2.15. The molecule has 2 rings (SSSR count). The summed E-state index contributed by atoms with van der Waals surface area (Å²) in [7, 11) is 0. The van der Waals surface area contributed by atoms with Crippen LogP contribution in [-0.4, -0.2) is 24.9 Å². The lowest BCUT2D eigenvalue weighted by Gasteiger charge is -2.36. The van der Waals surface area contributed by atoms with E-state index in [1.807, 2.05) is 24.3 Å². The van der Waals surface area contributed by atoms with Crippen LogP contribution in [0.4, 0.5) is 0 Å². The first-order valence-electron chi connectivity index (χ1n) is 5.59. The molecule has 1 heterocycles. The van der Waals surface area contributed by atoms with E-state index in [-0.39, 0.29) is 12.0 Å². The molecule has 1 unspecified atom stereocenters. The molecule has 1 fully saturated rings. The largest absolute Gasteiger partial charge is 0.395 e. The molecule has 16 heavy (non-hydrogen) atoms. The second-order valence-electron chi connectivity index (χ2n) is 4.83. The summed E-state index contributed by atoms with van der Waals surface area (Å²) in [6.45, 7) is 3.89. The van der Waals surface area contributed by atoms with Gasteiger partial charge in [-0.25, -0.2) is 0 Å². The highest BCUT2D eigenvalue weighted by Gasteiger charge is 2.32. The maximum atomic E-state index is 9.60. The van der Waals surface area contributed by atoms with Crippen LogP contribution in [0.2, 0.25) is 5.02 Å². The normalized spacial score (nSPS) is 20.2. The number of ether oxygens (including phenoxy) is 1. The Morgan fingerprint density at radius 1 is 1.38 bits per heavy atom. The van der Waals surface area contributed by atoms with Crippen molar-refractivity contribution in [2.24, 2.45) is 5.92 Å². The monoisotopic (exact) mass is 240 g/mol. The molecule has 0 bridgehead atoms. The predicted octanol–water partition coefficient (Wildman–Crippen LogP) is 2.63. The average molecular weight is 241 g/mol. The van der Waals surface area contributed by atoms with Gasteiger partial charge in [-0.05, 0) is 24.1 Å². The second-order valence-corrected chi connectivity index (χ2v) is 5.27. The van der Waals surface area contributed by atoms with Gasteiger partial charge >= 0.3 is 0 Å².